The number of amides is 2. The van der Waals surface area contributed by atoms with Gasteiger partial charge in [0.1, 0.15) is 5.75 Å². The lowest BCUT2D eigenvalue weighted by Crippen LogP contribution is -2.36. The van der Waals surface area contributed by atoms with Crippen LogP contribution >= 0.6 is 0 Å². The van der Waals surface area contributed by atoms with Gasteiger partial charge in [-0.3, -0.25) is 14.4 Å². The minimum atomic E-state index is -0.445. The second-order valence-electron chi connectivity index (χ2n) is 5.28. The van der Waals surface area contributed by atoms with Gasteiger partial charge < -0.3 is 15.4 Å². The standard InChI is InChI=1S/C19H20N2O4/c1-2-14-7-3-5-9-16(14)21-18(23)11-20-19(24)13-25-17-10-6-4-8-15(17)12-22/h3-10,12H,2,11,13H2,1H3,(H,20,24)(H,21,23). The number of carbonyl (C=O) groups excluding carboxylic acids is 3. The van der Waals surface area contributed by atoms with Gasteiger partial charge in [-0.25, -0.2) is 0 Å². The summed E-state index contributed by atoms with van der Waals surface area (Å²) in [4.78, 5) is 34.6. The van der Waals surface area contributed by atoms with Crippen molar-refractivity contribution in [2.75, 3.05) is 18.5 Å². The molecule has 2 aromatic rings. The van der Waals surface area contributed by atoms with Crippen LogP contribution in [0.2, 0.25) is 0 Å². The summed E-state index contributed by atoms with van der Waals surface area (Å²) in [6.45, 7) is 1.57. The third kappa shape index (κ3) is 5.46. The number of hydrogen-bond donors (Lipinski definition) is 2. The number of nitrogens with one attached hydrogen (secondary N) is 2. The van der Waals surface area contributed by atoms with E-state index in [1.807, 2.05) is 31.2 Å². The molecule has 6 nitrogen and oxygen atoms in total. The molecular weight excluding hydrogens is 320 g/mol. The fourth-order valence-corrected chi connectivity index (χ4v) is 2.23. The molecule has 0 fully saturated rings. The molecule has 0 spiro atoms. The summed E-state index contributed by atoms with van der Waals surface area (Å²) in [5.41, 5.74) is 2.13. The predicted octanol–water partition coefficient (Wildman–Crippen LogP) is 2.20. The van der Waals surface area contributed by atoms with Gasteiger partial charge in [0.05, 0.1) is 12.1 Å². The Kier molecular flexibility index (Phi) is 6.71. The fraction of sp³-hybridized carbons (Fsp3) is 0.211. The second-order valence-corrected chi connectivity index (χ2v) is 5.28. The van der Waals surface area contributed by atoms with Crippen LogP contribution in [0.4, 0.5) is 5.69 Å². The number of benzene rings is 2. The summed E-state index contributed by atoms with van der Waals surface area (Å²) < 4.78 is 5.30. The zero-order chi connectivity index (χ0) is 18.1. The molecule has 0 aliphatic heterocycles. The molecule has 0 radical (unpaired) electrons. The molecule has 0 heterocycles. The topological polar surface area (TPSA) is 84.5 Å². The molecule has 2 rings (SSSR count). The lowest BCUT2D eigenvalue weighted by Gasteiger charge is -2.11. The van der Waals surface area contributed by atoms with Crippen molar-refractivity contribution in [2.45, 2.75) is 13.3 Å². The van der Waals surface area contributed by atoms with Crippen LogP contribution in [0.15, 0.2) is 48.5 Å². The normalized spacial score (nSPS) is 9.96. The number of aryl methyl sites for hydroxylation is 1. The highest BCUT2D eigenvalue weighted by Crippen LogP contribution is 2.16. The summed E-state index contributed by atoms with van der Waals surface area (Å²) in [5, 5.41) is 5.25. The van der Waals surface area contributed by atoms with Crippen LogP contribution in [0.3, 0.4) is 0 Å². The van der Waals surface area contributed by atoms with Crippen LogP contribution in [-0.2, 0) is 16.0 Å². The summed E-state index contributed by atoms with van der Waals surface area (Å²) in [6.07, 6.45) is 1.46. The molecule has 0 bridgehead atoms. The Bertz CT molecular complexity index is 759. The Hall–Kier alpha value is -3.15. The number of hydrogen-bond acceptors (Lipinski definition) is 4. The van der Waals surface area contributed by atoms with Gasteiger partial charge in [-0.2, -0.15) is 0 Å². The first-order valence-electron chi connectivity index (χ1n) is 7.95. The van der Waals surface area contributed by atoms with Crippen LogP contribution in [0.25, 0.3) is 0 Å². The maximum Gasteiger partial charge on any atom is 0.258 e. The van der Waals surface area contributed by atoms with Crippen molar-refractivity contribution in [2.24, 2.45) is 0 Å². The summed E-state index contributed by atoms with van der Waals surface area (Å²) in [6, 6.07) is 14.1. The van der Waals surface area contributed by atoms with Crippen molar-refractivity contribution in [1.29, 1.82) is 0 Å². The van der Waals surface area contributed by atoms with Crippen molar-refractivity contribution in [3.63, 3.8) is 0 Å². The Morgan fingerprint density at radius 3 is 2.52 bits per heavy atom. The van der Waals surface area contributed by atoms with Gasteiger partial charge in [-0.05, 0) is 30.2 Å². The molecule has 0 unspecified atom stereocenters. The quantitative estimate of drug-likeness (QED) is 0.722. The Balaban J connectivity index is 1.79. The molecule has 0 aliphatic rings. The molecular formula is C19H20N2O4. The summed E-state index contributed by atoms with van der Waals surface area (Å²) in [7, 11) is 0. The molecule has 0 aromatic heterocycles. The molecule has 6 heteroatoms. The number of ether oxygens (including phenoxy) is 1. The first kappa shape index (κ1) is 18.2. The number of anilines is 1. The Labute approximate surface area is 146 Å². The molecule has 25 heavy (non-hydrogen) atoms. The minimum absolute atomic E-state index is 0.157. The maximum atomic E-state index is 11.9. The van der Waals surface area contributed by atoms with E-state index in [4.69, 9.17) is 4.74 Å². The zero-order valence-corrected chi connectivity index (χ0v) is 14.0. The first-order chi connectivity index (χ1) is 12.1. The minimum Gasteiger partial charge on any atom is -0.483 e. The molecule has 2 aromatic carbocycles. The summed E-state index contributed by atoms with van der Waals surface area (Å²) >= 11 is 0. The van der Waals surface area contributed by atoms with Crippen LogP contribution in [-0.4, -0.2) is 31.3 Å². The molecule has 2 N–H and O–H groups in total. The number of carbonyl (C=O) groups is 3. The Morgan fingerprint density at radius 1 is 1.04 bits per heavy atom. The van der Waals surface area contributed by atoms with Crippen molar-refractivity contribution in [3.05, 3.63) is 59.7 Å². The van der Waals surface area contributed by atoms with E-state index in [2.05, 4.69) is 10.6 Å². The van der Waals surface area contributed by atoms with Crippen molar-refractivity contribution in [1.82, 2.24) is 5.32 Å². The van der Waals surface area contributed by atoms with Gasteiger partial charge in [0.15, 0.2) is 12.9 Å². The first-order valence-corrected chi connectivity index (χ1v) is 7.95. The molecule has 0 aliphatic carbocycles. The average molecular weight is 340 g/mol. The number of rotatable bonds is 8. The highest BCUT2D eigenvalue weighted by molar-refractivity contribution is 5.95. The van der Waals surface area contributed by atoms with Crippen LogP contribution in [0.5, 0.6) is 5.75 Å². The predicted molar refractivity (Wildman–Crippen MR) is 94.8 cm³/mol. The molecule has 0 saturated heterocycles. The maximum absolute atomic E-state index is 11.9. The van der Waals surface area contributed by atoms with E-state index < -0.39 is 5.91 Å². The van der Waals surface area contributed by atoms with Crippen molar-refractivity contribution >= 4 is 23.8 Å². The average Bonchev–Trinajstić information content (AvgIpc) is 2.65. The van der Waals surface area contributed by atoms with Gasteiger partial charge in [0.2, 0.25) is 5.91 Å². The Morgan fingerprint density at radius 2 is 1.76 bits per heavy atom. The third-order valence-electron chi connectivity index (χ3n) is 3.52. The van der Waals surface area contributed by atoms with E-state index in [0.29, 0.717) is 17.6 Å². The van der Waals surface area contributed by atoms with E-state index in [1.54, 1.807) is 24.3 Å². The highest BCUT2D eigenvalue weighted by atomic mass is 16.5. The van der Waals surface area contributed by atoms with E-state index in [-0.39, 0.29) is 19.1 Å². The van der Waals surface area contributed by atoms with Gasteiger partial charge >= 0.3 is 0 Å². The third-order valence-corrected chi connectivity index (χ3v) is 3.52. The number of aldehydes is 1. The van der Waals surface area contributed by atoms with E-state index in [9.17, 15) is 14.4 Å². The fourth-order valence-electron chi connectivity index (χ4n) is 2.23. The lowest BCUT2D eigenvalue weighted by atomic mass is 10.1. The molecule has 0 atom stereocenters. The van der Waals surface area contributed by atoms with Gasteiger partial charge in [-0.15, -0.1) is 0 Å². The van der Waals surface area contributed by atoms with Gasteiger partial charge in [-0.1, -0.05) is 37.3 Å². The lowest BCUT2D eigenvalue weighted by molar-refractivity contribution is -0.125. The van der Waals surface area contributed by atoms with E-state index in [1.165, 1.54) is 0 Å². The smallest absolute Gasteiger partial charge is 0.258 e. The van der Waals surface area contributed by atoms with Crippen LogP contribution in [0, 0.1) is 0 Å². The van der Waals surface area contributed by atoms with E-state index >= 15 is 0 Å². The largest absolute Gasteiger partial charge is 0.483 e. The van der Waals surface area contributed by atoms with Crippen molar-refractivity contribution < 1.29 is 19.1 Å². The van der Waals surface area contributed by atoms with E-state index in [0.717, 1.165) is 17.7 Å². The van der Waals surface area contributed by atoms with Crippen LogP contribution < -0.4 is 15.4 Å². The molecule has 0 saturated carbocycles. The van der Waals surface area contributed by atoms with Crippen LogP contribution in [0.1, 0.15) is 22.8 Å². The zero-order valence-electron chi connectivity index (χ0n) is 14.0. The SMILES string of the molecule is CCc1ccccc1NC(=O)CNC(=O)COc1ccccc1C=O. The molecule has 130 valence electrons. The molecule has 2 amide bonds. The highest BCUT2D eigenvalue weighted by Gasteiger charge is 2.09. The summed E-state index contributed by atoms with van der Waals surface area (Å²) in [5.74, 6) is -0.434. The monoisotopic (exact) mass is 340 g/mol. The van der Waals surface area contributed by atoms with Gasteiger partial charge in [0.25, 0.3) is 5.91 Å². The van der Waals surface area contributed by atoms with Crippen molar-refractivity contribution in [3.8, 4) is 5.75 Å². The number of para-hydroxylation sites is 2. The second kappa shape index (κ2) is 9.22. The van der Waals surface area contributed by atoms with Gasteiger partial charge in [0, 0.05) is 5.69 Å².